The van der Waals surface area contributed by atoms with Crippen LogP contribution in [0, 0.1) is 12.8 Å². The maximum Gasteiger partial charge on any atom is 0.128 e. The quantitative estimate of drug-likeness (QED) is 0.881. The zero-order chi connectivity index (χ0) is 13.7. The Morgan fingerprint density at radius 1 is 1.37 bits per heavy atom. The summed E-state index contributed by atoms with van der Waals surface area (Å²) in [7, 11) is 3.76. The van der Waals surface area contributed by atoms with Gasteiger partial charge in [0, 0.05) is 39.0 Å². The van der Waals surface area contributed by atoms with Crippen molar-refractivity contribution in [1.82, 2.24) is 10.3 Å². The van der Waals surface area contributed by atoms with E-state index in [1.165, 1.54) is 18.4 Å². The smallest absolute Gasteiger partial charge is 0.128 e. The number of nitrogens with one attached hydrogen (secondary N) is 1. The second kappa shape index (κ2) is 6.87. The first-order valence-corrected chi connectivity index (χ1v) is 7.09. The molecule has 0 aliphatic carbocycles. The van der Waals surface area contributed by atoms with Crippen molar-refractivity contribution in [2.45, 2.75) is 26.3 Å². The molecule has 0 aromatic carbocycles. The third kappa shape index (κ3) is 3.67. The zero-order valence-electron chi connectivity index (χ0n) is 12.3. The normalized spacial score (nSPS) is 16.9. The minimum absolute atomic E-state index is 0.714. The van der Waals surface area contributed by atoms with E-state index < -0.39 is 0 Å². The molecule has 0 unspecified atom stereocenters. The molecule has 0 spiro atoms. The molecule has 19 heavy (non-hydrogen) atoms. The molecular weight excluding hydrogens is 238 g/mol. The Morgan fingerprint density at radius 2 is 2.11 bits per heavy atom. The topological polar surface area (TPSA) is 37.4 Å². The van der Waals surface area contributed by atoms with Gasteiger partial charge in [-0.1, -0.05) is 6.07 Å². The van der Waals surface area contributed by atoms with Crippen LogP contribution in [-0.2, 0) is 11.3 Å². The minimum Gasteiger partial charge on any atom is -0.384 e. The van der Waals surface area contributed by atoms with Crippen molar-refractivity contribution in [2.75, 3.05) is 38.8 Å². The molecule has 0 amide bonds. The molecule has 0 atom stereocenters. The molecule has 2 heterocycles. The van der Waals surface area contributed by atoms with Crippen LogP contribution in [0.3, 0.4) is 0 Å². The van der Waals surface area contributed by atoms with Crippen LogP contribution in [0.15, 0.2) is 12.1 Å². The Bertz CT molecular complexity index is 400. The summed E-state index contributed by atoms with van der Waals surface area (Å²) in [5.41, 5.74) is 2.41. The fourth-order valence-electron chi connectivity index (χ4n) is 2.69. The molecule has 0 bridgehead atoms. The Hall–Kier alpha value is -1.13. The first-order chi connectivity index (χ1) is 9.24. The van der Waals surface area contributed by atoms with Gasteiger partial charge in [-0.25, -0.2) is 4.98 Å². The van der Waals surface area contributed by atoms with E-state index in [9.17, 15) is 0 Å². The van der Waals surface area contributed by atoms with Crippen molar-refractivity contribution in [2.24, 2.45) is 5.92 Å². The minimum atomic E-state index is 0.714. The third-order valence-electron chi connectivity index (χ3n) is 3.89. The number of aryl methyl sites for hydroxylation is 1. The highest BCUT2D eigenvalue weighted by molar-refractivity contribution is 5.42. The zero-order valence-corrected chi connectivity index (χ0v) is 12.3. The standard InChI is InChI=1S/C15H25N3O/c1-12-14(10-16-2)4-5-15(17-12)18-8-6-13(7-9-18)11-19-3/h4-5,13,16H,6-11H2,1-3H3. The lowest BCUT2D eigenvalue weighted by atomic mass is 9.98. The summed E-state index contributed by atoms with van der Waals surface area (Å²) in [6.45, 7) is 6.04. The molecule has 1 aliphatic heterocycles. The van der Waals surface area contributed by atoms with Gasteiger partial charge in [0.1, 0.15) is 5.82 Å². The molecule has 1 aliphatic rings. The monoisotopic (exact) mass is 263 g/mol. The summed E-state index contributed by atoms with van der Waals surface area (Å²) in [6.07, 6.45) is 2.40. The van der Waals surface area contributed by atoms with Gasteiger partial charge in [0.15, 0.2) is 0 Å². The molecule has 2 rings (SSSR count). The SMILES string of the molecule is CNCc1ccc(N2CCC(COC)CC2)nc1C. The van der Waals surface area contributed by atoms with E-state index in [0.29, 0.717) is 5.92 Å². The second-order valence-corrected chi connectivity index (χ2v) is 5.33. The molecule has 1 N–H and O–H groups in total. The predicted molar refractivity (Wildman–Crippen MR) is 78.6 cm³/mol. The van der Waals surface area contributed by atoms with E-state index in [2.05, 4.69) is 29.3 Å². The fraction of sp³-hybridized carbons (Fsp3) is 0.667. The number of anilines is 1. The number of aromatic nitrogens is 1. The Morgan fingerprint density at radius 3 is 2.68 bits per heavy atom. The van der Waals surface area contributed by atoms with Crippen molar-refractivity contribution in [1.29, 1.82) is 0 Å². The molecular formula is C15H25N3O. The highest BCUT2D eigenvalue weighted by Crippen LogP contribution is 2.23. The second-order valence-electron chi connectivity index (χ2n) is 5.33. The Balaban J connectivity index is 1.97. The van der Waals surface area contributed by atoms with Crippen LogP contribution in [0.4, 0.5) is 5.82 Å². The third-order valence-corrected chi connectivity index (χ3v) is 3.89. The number of ether oxygens (including phenoxy) is 1. The van der Waals surface area contributed by atoms with Crippen LogP contribution in [0.25, 0.3) is 0 Å². The predicted octanol–water partition coefficient (Wildman–Crippen LogP) is 1.97. The fourth-order valence-corrected chi connectivity index (χ4v) is 2.69. The number of rotatable bonds is 5. The first-order valence-electron chi connectivity index (χ1n) is 7.09. The number of methoxy groups -OCH3 is 1. The summed E-state index contributed by atoms with van der Waals surface area (Å²) in [6, 6.07) is 4.34. The summed E-state index contributed by atoms with van der Waals surface area (Å²) in [5.74, 6) is 1.83. The molecule has 0 radical (unpaired) electrons. The van der Waals surface area contributed by atoms with Gasteiger partial charge in [0.25, 0.3) is 0 Å². The molecule has 1 aromatic heterocycles. The lowest BCUT2D eigenvalue weighted by Crippen LogP contribution is -2.35. The maximum absolute atomic E-state index is 5.24. The summed E-state index contributed by atoms with van der Waals surface area (Å²) in [5, 5.41) is 3.18. The van der Waals surface area contributed by atoms with Crippen LogP contribution in [0.1, 0.15) is 24.1 Å². The van der Waals surface area contributed by atoms with Gasteiger partial charge >= 0.3 is 0 Å². The van der Waals surface area contributed by atoms with Gasteiger partial charge in [-0.15, -0.1) is 0 Å². The summed E-state index contributed by atoms with van der Waals surface area (Å²) < 4.78 is 5.24. The largest absolute Gasteiger partial charge is 0.384 e. The van der Waals surface area contributed by atoms with Crippen molar-refractivity contribution >= 4 is 5.82 Å². The highest BCUT2D eigenvalue weighted by Gasteiger charge is 2.20. The van der Waals surface area contributed by atoms with Gasteiger partial charge in [0.05, 0.1) is 0 Å². The van der Waals surface area contributed by atoms with Gasteiger partial charge < -0.3 is 15.0 Å². The van der Waals surface area contributed by atoms with Crippen LogP contribution in [0.2, 0.25) is 0 Å². The van der Waals surface area contributed by atoms with Crippen molar-refractivity contribution < 1.29 is 4.74 Å². The lowest BCUT2D eigenvalue weighted by molar-refractivity contribution is 0.139. The lowest BCUT2D eigenvalue weighted by Gasteiger charge is -2.32. The first kappa shape index (κ1) is 14.3. The van der Waals surface area contributed by atoms with Crippen LogP contribution in [0.5, 0.6) is 0 Å². The van der Waals surface area contributed by atoms with Crippen molar-refractivity contribution in [3.63, 3.8) is 0 Å². The van der Waals surface area contributed by atoms with Crippen LogP contribution < -0.4 is 10.2 Å². The molecule has 106 valence electrons. The van der Waals surface area contributed by atoms with Crippen molar-refractivity contribution in [3.05, 3.63) is 23.4 Å². The van der Waals surface area contributed by atoms with E-state index in [-0.39, 0.29) is 0 Å². The van der Waals surface area contributed by atoms with E-state index in [1.54, 1.807) is 7.11 Å². The van der Waals surface area contributed by atoms with Gasteiger partial charge in [-0.3, -0.25) is 0 Å². The van der Waals surface area contributed by atoms with Gasteiger partial charge in [0.2, 0.25) is 0 Å². The van der Waals surface area contributed by atoms with Crippen molar-refractivity contribution in [3.8, 4) is 0 Å². The molecule has 1 fully saturated rings. The molecule has 0 saturated carbocycles. The molecule has 1 saturated heterocycles. The average Bonchev–Trinajstić information content (AvgIpc) is 2.43. The van der Waals surface area contributed by atoms with E-state index in [0.717, 1.165) is 37.8 Å². The number of nitrogens with zero attached hydrogens (tertiary/aromatic N) is 2. The van der Waals surface area contributed by atoms with Gasteiger partial charge in [-0.05, 0) is 44.4 Å². The Kier molecular flexibility index (Phi) is 5.16. The van der Waals surface area contributed by atoms with E-state index in [1.807, 2.05) is 7.05 Å². The van der Waals surface area contributed by atoms with Crippen LogP contribution in [-0.4, -0.2) is 38.8 Å². The Labute approximate surface area is 116 Å². The average molecular weight is 263 g/mol. The number of hydrogen-bond acceptors (Lipinski definition) is 4. The maximum atomic E-state index is 5.24. The van der Waals surface area contributed by atoms with Gasteiger partial charge in [-0.2, -0.15) is 0 Å². The molecule has 4 nitrogen and oxygen atoms in total. The molecule has 4 heteroatoms. The summed E-state index contributed by atoms with van der Waals surface area (Å²) >= 11 is 0. The summed E-state index contributed by atoms with van der Waals surface area (Å²) in [4.78, 5) is 7.13. The van der Waals surface area contributed by atoms with Crippen LogP contribution >= 0.6 is 0 Å². The highest BCUT2D eigenvalue weighted by atomic mass is 16.5. The number of hydrogen-bond donors (Lipinski definition) is 1. The molecule has 1 aromatic rings. The number of piperidine rings is 1. The van der Waals surface area contributed by atoms with E-state index >= 15 is 0 Å². The van der Waals surface area contributed by atoms with E-state index in [4.69, 9.17) is 9.72 Å². The number of pyridine rings is 1.